The molecule has 0 fully saturated rings. The summed E-state index contributed by atoms with van der Waals surface area (Å²) in [5.74, 6) is 0. The molecule has 14 heavy (non-hydrogen) atoms. The molecule has 0 spiro atoms. The van der Waals surface area contributed by atoms with Crippen LogP contribution in [0.3, 0.4) is 0 Å². The number of hydrogen-bond acceptors (Lipinski definition) is 5. The molecule has 0 saturated heterocycles. The van der Waals surface area contributed by atoms with E-state index in [-0.39, 0.29) is 0 Å². The summed E-state index contributed by atoms with van der Waals surface area (Å²) in [6.45, 7) is 0. The van der Waals surface area contributed by atoms with Crippen molar-refractivity contribution in [3.05, 3.63) is 35.6 Å². The SMILES string of the molecule is N#Cc1ccncc1Sc1nccs1. The first-order valence-corrected chi connectivity index (χ1v) is 5.51. The lowest BCUT2D eigenvalue weighted by molar-refractivity contribution is 1.19. The van der Waals surface area contributed by atoms with E-state index < -0.39 is 0 Å². The summed E-state index contributed by atoms with van der Waals surface area (Å²) < 4.78 is 0.925. The molecule has 0 aliphatic rings. The van der Waals surface area contributed by atoms with E-state index in [2.05, 4.69) is 16.0 Å². The molecular weight excluding hydrogens is 214 g/mol. The van der Waals surface area contributed by atoms with Gasteiger partial charge >= 0.3 is 0 Å². The van der Waals surface area contributed by atoms with Crippen LogP contribution in [0.5, 0.6) is 0 Å². The molecule has 0 aliphatic carbocycles. The summed E-state index contributed by atoms with van der Waals surface area (Å²) in [6, 6.07) is 3.83. The van der Waals surface area contributed by atoms with Crippen molar-refractivity contribution >= 4 is 23.1 Å². The molecule has 3 nitrogen and oxygen atoms in total. The first-order valence-electron chi connectivity index (χ1n) is 3.81. The number of thiazole rings is 1. The first-order chi connectivity index (χ1) is 6.90. The zero-order valence-corrected chi connectivity index (χ0v) is 8.68. The Hall–Kier alpha value is -1.38. The van der Waals surface area contributed by atoms with Gasteiger partial charge in [0.15, 0.2) is 4.34 Å². The Morgan fingerprint density at radius 1 is 1.43 bits per heavy atom. The first kappa shape index (κ1) is 9.19. The van der Waals surface area contributed by atoms with Crippen LogP contribution in [0.1, 0.15) is 5.56 Å². The quantitative estimate of drug-likeness (QED) is 0.778. The molecule has 0 saturated carbocycles. The summed E-state index contributed by atoms with van der Waals surface area (Å²) in [5.41, 5.74) is 0.639. The van der Waals surface area contributed by atoms with Crippen LogP contribution in [0.15, 0.2) is 39.3 Å². The van der Waals surface area contributed by atoms with E-state index in [1.807, 2.05) is 5.38 Å². The van der Waals surface area contributed by atoms with Crippen LogP contribution in [0, 0.1) is 11.3 Å². The van der Waals surface area contributed by atoms with Crippen LogP contribution >= 0.6 is 23.1 Å². The van der Waals surface area contributed by atoms with E-state index >= 15 is 0 Å². The smallest absolute Gasteiger partial charge is 0.154 e. The van der Waals surface area contributed by atoms with E-state index in [1.165, 1.54) is 11.8 Å². The number of rotatable bonds is 2. The lowest BCUT2D eigenvalue weighted by atomic mass is 10.3. The third-order valence-electron chi connectivity index (χ3n) is 1.51. The highest BCUT2D eigenvalue weighted by atomic mass is 32.2. The largest absolute Gasteiger partial charge is 0.263 e. The molecule has 0 aromatic carbocycles. The van der Waals surface area contributed by atoms with Gasteiger partial charge in [0.25, 0.3) is 0 Å². The second kappa shape index (κ2) is 4.22. The zero-order valence-electron chi connectivity index (χ0n) is 7.04. The zero-order chi connectivity index (χ0) is 9.80. The number of nitrogens with zero attached hydrogens (tertiary/aromatic N) is 3. The van der Waals surface area contributed by atoms with Crippen LogP contribution in [0.4, 0.5) is 0 Å². The average molecular weight is 219 g/mol. The second-order valence-corrected chi connectivity index (χ2v) is 4.57. The Kier molecular flexibility index (Phi) is 2.77. The van der Waals surface area contributed by atoms with Crippen molar-refractivity contribution in [2.24, 2.45) is 0 Å². The highest BCUT2D eigenvalue weighted by Gasteiger charge is 2.04. The van der Waals surface area contributed by atoms with Gasteiger partial charge in [-0.05, 0) is 6.07 Å². The fourth-order valence-electron chi connectivity index (χ4n) is 0.908. The number of aromatic nitrogens is 2. The van der Waals surface area contributed by atoms with Crippen LogP contribution in [0.2, 0.25) is 0 Å². The summed E-state index contributed by atoms with van der Waals surface area (Å²) in [5, 5.41) is 10.7. The standard InChI is InChI=1S/C9H5N3S2/c10-5-7-1-2-11-6-8(7)14-9-12-3-4-13-9/h1-4,6H. The summed E-state index contributed by atoms with van der Waals surface area (Å²) >= 11 is 3.02. The highest BCUT2D eigenvalue weighted by molar-refractivity contribution is 8.01. The van der Waals surface area contributed by atoms with Gasteiger partial charge in [-0.3, -0.25) is 4.98 Å². The van der Waals surface area contributed by atoms with Gasteiger partial charge in [0.05, 0.1) is 10.5 Å². The lowest BCUT2D eigenvalue weighted by Gasteiger charge is -1.98. The van der Waals surface area contributed by atoms with Crippen LogP contribution < -0.4 is 0 Å². The monoisotopic (exact) mass is 219 g/mol. The van der Waals surface area contributed by atoms with E-state index in [9.17, 15) is 0 Å². The van der Waals surface area contributed by atoms with E-state index in [0.717, 1.165) is 9.24 Å². The maximum Gasteiger partial charge on any atom is 0.154 e. The molecule has 2 aromatic rings. The Balaban J connectivity index is 2.30. The number of hydrogen-bond donors (Lipinski definition) is 0. The predicted molar refractivity (Wildman–Crippen MR) is 55.2 cm³/mol. The van der Waals surface area contributed by atoms with Crippen molar-refractivity contribution in [1.82, 2.24) is 9.97 Å². The van der Waals surface area contributed by atoms with E-state index in [0.29, 0.717) is 5.56 Å². The molecule has 0 N–H and O–H groups in total. The van der Waals surface area contributed by atoms with Crippen LogP contribution in [0.25, 0.3) is 0 Å². The topological polar surface area (TPSA) is 49.6 Å². The second-order valence-electron chi connectivity index (χ2n) is 2.38. The van der Waals surface area contributed by atoms with E-state index in [4.69, 9.17) is 5.26 Å². The molecule has 5 heteroatoms. The predicted octanol–water partition coefficient (Wildman–Crippen LogP) is 2.56. The van der Waals surface area contributed by atoms with Gasteiger partial charge in [0, 0.05) is 24.0 Å². The maximum atomic E-state index is 8.84. The summed E-state index contributed by atoms with van der Waals surface area (Å²) in [4.78, 5) is 8.96. The third kappa shape index (κ3) is 1.92. The van der Waals surface area contributed by atoms with Gasteiger partial charge in [-0.15, -0.1) is 11.3 Å². The van der Waals surface area contributed by atoms with Crippen molar-refractivity contribution < 1.29 is 0 Å². The molecule has 0 radical (unpaired) electrons. The van der Waals surface area contributed by atoms with Gasteiger partial charge in [0.2, 0.25) is 0 Å². The highest BCUT2D eigenvalue weighted by Crippen LogP contribution is 2.30. The molecule has 2 heterocycles. The third-order valence-corrected chi connectivity index (χ3v) is 3.44. The van der Waals surface area contributed by atoms with Gasteiger partial charge in [-0.2, -0.15) is 5.26 Å². The fourth-order valence-corrected chi connectivity index (χ4v) is 2.54. The normalized spacial score (nSPS) is 9.64. The van der Waals surface area contributed by atoms with E-state index in [1.54, 1.807) is 36.0 Å². The molecule has 0 atom stereocenters. The minimum atomic E-state index is 0.639. The molecule has 0 aliphatic heterocycles. The molecule has 0 unspecified atom stereocenters. The molecule has 68 valence electrons. The molecule has 2 aromatic heterocycles. The van der Waals surface area contributed by atoms with Gasteiger partial charge in [-0.1, -0.05) is 11.8 Å². The molecular formula is C9H5N3S2. The minimum Gasteiger partial charge on any atom is -0.263 e. The average Bonchev–Trinajstić information content (AvgIpc) is 2.71. The summed E-state index contributed by atoms with van der Waals surface area (Å²) in [7, 11) is 0. The lowest BCUT2D eigenvalue weighted by Crippen LogP contribution is -1.81. The van der Waals surface area contributed by atoms with Gasteiger partial charge < -0.3 is 0 Å². The summed E-state index contributed by atoms with van der Waals surface area (Å²) in [6.07, 6.45) is 5.05. The number of pyridine rings is 1. The molecule has 2 rings (SSSR count). The Labute approximate surface area is 89.4 Å². The van der Waals surface area contributed by atoms with Crippen molar-refractivity contribution in [2.75, 3.05) is 0 Å². The Bertz CT molecular complexity index is 459. The Morgan fingerprint density at radius 3 is 3.07 bits per heavy atom. The van der Waals surface area contributed by atoms with Crippen LogP contribution in [-0.4, -0.2) is 9.97 Å². The maximum absolute atomic E-state index is 8.84. The van der Waals surface area contributed by atoms with Crippen molar-refractivity contribution in [2.45, 2.75) is 9.24 Å². The number of nitriles is 1. The van der Waals surface area contributed by atoms with Crippen molar-refractivity contribution in [1.29, 1.82) is 5.26 Å². The molecule has 0 amide bonds. The van der Waals surface area contributed by atoms with Crippen molar-refractivity contribution in [3.8, 4) is 6.07 Å². The van der Waals surface area contributed by atoms with Crippen molar-refractivity contribution in [3.63, 3.8) is 0 Å². The van der Waals surface area contributed by atoms with Crippen LogP contribution in [-0.2, 0) is 0 Å². The Morgan fingerprint density at radius 2 is 2.36 bits per heavy atom. The fraction of sp³-hybridized carbons (Fsp3) is 0. The van der Waals surface area contributed by atoms with Gasteiger partial charge in [-0.25, -0.2) is 4.98 Å². The minimum absolute atomic E-state index is 0.639. The van der Waals surface area contributed by atoms with Gasteiger partial charge in [0.1, 0.15) is 6.07 Å². The molecule has 0 bridgehead atoms.